The Bertz CT molecular complexity index is 246. The zero-order valence-electron chi connectivity index (χ0n) is 10.2. The molecule has 0 aromatic rings. The van der Waals surface area contributed by atoms with Gasteiger partial charge in [0.2, 0.25) is 0 Å². The Morgan fingerprint density at radius 3 is 1.94 bits per heavy atom. The van der Waals surface area contributed by atoms with Gasteiger partial charge < -0.3 is 9.16 Å². The first kappa shape index (κ1) is 17.7. The molecule has 0 fully saturated rings. The Kier molecular flexibility index (Phi) is 6.65. The standard InChI is InChI=1S/C9H16F6O2Si/c1-6(16-4-5-17-18(2)3)8(11,12)7(10)9(13,14)15/h6-7,18H,4-5H2,1-3H3. The minimum absolute atomic E-state index is 0.00722. The molecule has 9 heteroatoms. The van der Waals surface area contributed by atoms with E-state index in [0.717, 1.165) is 0 Å². The SMILES string of the molecule is CC(OCCO[SiH](C)C)C(F)(F)C(F)C(F)(F)F. The summed E-state index contributed by atoms with van der Waals surface area (Å²) in [6.07, 6.45) is -12.0. The van der Waals surface area contributed by atoms with Crippen LogP contribution in [-0.4, -0.2) is 46.6 Å². The van der Waals surface area contributed by atoms with Crippen molar-refractivity contribution in [2.45, 2.75) is 44.4 Å². The third-order valence-corrected chi connectivity index (χ3v) is 2.97. The fourth-order valence-corrected chi connectivity index (χ4v) is 1.61. The van der Waals surface area contributed by atoms with Gasteiger partial charge in [-0.3, -0.25) is 0 Å². The molecule has 0 saturated carbocycles. The minimum Gasteiger partial charge on any atom is -0.418 e. The van der Waals surface area contributed by atoms with Crippen molar-refractivity contribution in [3.8, 4) is 0 Å². The molecule has 0 aliphatic heterocycles. The molecule has 2 unspecified atom stereocenters. The predicted molar refractivity (Wildman–Crippen MR) is 56.1 cm³/mol. The second kappa shape index (κ2) is 6.76. The average molecular weight is 298 g/mol. The van der Waals surface area contributed by atoms with E-state index >= 15 is 0 Å². The summed E-state index contributed by atoms with van der Waals surface area (Å²) in [4.78, 5) is 0. The van der Waals surface area contributed by atoms with Crippen LogP contribution >= 0.6 is 0 Å². The van der Waals surface area contributed by atoms with Gasteiger partial charge in [0.25, 0.3) is 6.17 Å². The Hall–Kier alpha value is -0.283. The maximum Gasteiger partial charge on any atom is 0.425 e. The summed E-state index contributed by atoms with van der Waals surface area (Å²) < 4.78 is 83.9. The van der Waals surface area contributed by atoms with Crippen molar-refractivity contribution in [2.75, 3.05) is 13.2 Å². The highest BCUT2D eigenvalue weighted by atomic mass is 28.3. The molecule has 18 heavy (non-hydrogen) atoms. The highest BCUT2D eigenvalue weighted by molar-refractivity contribution is 6.48. The largest absolute Gasteiger partial charge is 0.425 e. The molecule has 0 saturated heterocycles. The zero-order chi connectivity index (χ0) is 14.6. The topological polar surface area (TPSA) is 18.5 Å². The normalized spacial score (nSPS) is 17.0. The van der Waals surface area contributed by atoms with Crippen LogP contribution in [0.25, 0.3) is 0 Å². The predicted octanol–water partition coefficient (Wildman–Crippen LogP) is 2.93. The zero-order valence-corrected chi connectivity index (χ0v) is 11.4. The Labute approximate surface area is 103 Å². The molecule has 0 aliphatic carbocycles. The lowest BCUT2D eigenvalue weighted by atomic mass is 10.1. The van der Waals surface area contributed by atoms with Crippen molar-refractivity contribution in [1.29, 1.82) is 0 Å². The molecule has 0 aromatic carbocycles. The first-order valence-electron chi connectivity index (χ1n) is 5.31. The second-order valence-corrected chi connectivity index (χ2v) is 6.44. The van der Waals surface area contributed by atoms with E-state index in [1.807, 2.05) is 13.1 Å². The van der Waals surface area contributed by atoms with Crippen molar-refractivity contribution in [3.63, 3.8) is 0 Å². The molecule has 2 nitrogen and oxygen atoms in total. The molecule has 0 bridgehead atoms. The van der Waals surface area contributed by atoms with Crippen molar-refractivity contribution < 1.29 is 35.5 Å². The Morgan fingerprint density at radius 2 is 1.56 bits per heavy atom. The lowest BCUT2D eigenvalue weighted by Crippen LogP contribution is -2.49. The average Bonchev–Trinajstić information content (AvgIpc) is 2.21. The number of hydrogen-bond donors (Lipinski definition) is 0. The lowest BCUT2D eigenvalue weighted by Gasteiger charge is -2.28. The molecular formula is C9H16F6O2Si. The van der Waals surface area contributed by atoms with Gasteiger partial charge in [0.1, 0.15) is 6.10 Å². The van der Waals surface area contributed by atoms with Crippen LogP contribution in [0.15, 0.2) is 0 Å². The van der Waals surface area contributed by atoms with Crippen molar-refractivity contribution in [1.82, 2.24) is 0 Å². The van der Waals surface area contributed by atoms with Crippen LogP contribution in [0.1, 0.15) is 6.92 Å². The summed E-state index contributed by atoms with van der Waals surface area (Å²) in [6.45, 7) is 4.07. The van der Waals surface area contributed by atoms with Crippen molar-refractivity contribution in [3.05, 3.63) is 0 Å². The van der Waals surface area contributed by atoms with Gasteiger partial charge in [0, 0.05) is 0 Å². The van der Waals surface area contributed by atoms with Crippen LogP contribution < -0.4 is 0 Å². The number of alkyl halides is 6. The van der Waals surface area contributed by atoms with Gasteiger partial charge in [-0.1, -0.05) is 0 Å². The third-order valence-electron chi connectivity index (χ3n) is 2.07. The summed E-state index contributed by atoms with van der Waals surface area (Å²) in [5, 5.41) is 0. The van der Waals surface area contributed by atoms with E-state index in [0.29, 0.717) is 6.92 Å². The molecule has 0 spiro atoms. The van der Waals surface area contributed by atoms with Gasteiger partial charge in [-0.2, -0.15) is 13.2 Å². The summed E-state index contributed by atoms with van der Waals surface area (Å²) >= 11 is 0. The number of halogens is 6. The quantitative estimate of drug-likeness (QED) is 0.409. The number of ether oxygens (including phenoxy) is 1. The second-order valence-electron chi connectivity index (χ2n) is 4.01. The van der Waals surface area contributed by atoms with Crippen molar-refractivity contribution in [2.24, 2.45) is 0 Å². The molecule has 0 rings (SSSR count). The van der Waals surface area contributed by atoms with Crippen molar-refractivity contribution >= 4 is 9.04 Å². The molecular weight excluding hydrogens is 282 g/mol. The third kappa shape index (κ3) is 5.57. The van der Waals surface area contributed by atoms with E-state index in [9.17, 15) is 26.3 Å². The van der Waals surface area contributed by atoms with E-state index in [-0.39, 0.29) is 13.2 Å². The van der Waals surface area contributed by atoms with Crippen LogP contribution in [0.4, 0.5) is 26.3 Å². The summed E-state index contributed by atoms with van der Waals surface area (Å²) in [6, 6.07) is 0. The van der Waals surface area contributed by atoms with Crippen LogP contribution in [0.3, 0.4) is 0 Å². The monoisotopic (exact) mass is 298 g/mol. The molecule has 110 valence electrons. The van der Waals surface area contributed by atoms with Gasteiger partial charge in [-0.05, 0) is 20.0 Å². The van der Waals surface area contributed by atoms with Crippen LogP contribution in [0, 0.1) is 0 Å². The molecule has 0 radical (unpaired) electrons. The number of hydrogen-bond acceptors (Lipinski definition) is 2. The van der Waals surface area contributed by atoms with Gasteiger partial charge in [-0.25, -0.2) is 13.2 Å². The fraction of sp³-hybridized carbons (Fsp3) is 1.00. The summed E-state index contributed by atoms with van der Waals surface area (Å²) in [5.74, 6) is -4.62. The highest BCUT2D eigenvalue weighted by Crippen LogP contribution is 2.37. The van der Waals surface area contributed by atoms with E-state index < -0.39 is 33.4 Å². The molecule has 0 amide bonds. The summed E-state index contributed by atoms with van der Waals surface area (Å²) in [5.41, 5.74) is 0. The molecule has 0 N–H and O–H groups in total. The van der Waals surface area contributed by atoms with Gasteiger partial charge in [0.15, 0.2) is 9.04 Å². The van der Waals surface area contributed by atoms with E-state index in [4.69, 9.17) is 4.43 Å². The summed E-state index contributed by atoms with van der Waals surface area (Å²) in [7, 11) is -1.34. The van der Waals surface area contributed by atoms with Crippen LogP contribution in [0.2, 0.25) is 13.1 Å². The first-order chi connectivity index (χ1) is 7.99. The minimum atomic E-state index is -5.61. The molecule has 0 heterocycles. The Balaban J connectivity index is 4.26. The maximum absolute atomic E-state index is 13.0. The smallest absolute Gasteiger partial charge is 0.418 e. The van der Waals surface area contributed by atoms with E-state index in [1.165, 1.54) is 0 Å². The highest BCUT2D eigenvalue weighted by Gasteiger charge is 2.59. The fourth-order valence-electron chi connectivity index (χ4n) is 1.04. The van der Waals surface area contributed by atoms with Gasteiger partial charge in [0.05, 0.1) is 13.2 Å². The van der Waals surface area contributed by atoms with Gasteiger partial charge in [-0.15, -0.1) is 0 Å². The molecule has 0 aliphatic rings. The van der Waals surface area contributed by atoms with Crippen LogP contribution in [0.5, 0.6) is 0 Å². The van der Waals surface area contributed by atoms with Crippen LogP contribution in [-0.2, 0) is 9.16 Å². The Morgan fingerprint density at radius 1 is 1.06 bits per heavy atom. The van der Waals surface area contributed by atoms with Gasteiger partial charge >= 0.3 is 12.1 Å². The maximum atomic E-state index is 13.0. The molecule has 2 atom stereocenters. The lowest BCUT2D eigenvalue weighted by molar-refractivity contribution is -0.270. The first-order valence-corrected chi connectivity index (χ1v) is 8.09. The van der Waals surface area contributed by atoms with E-state index in [1.54, 1.807) is 0 Å². The van der Waals surface area contributed by atoms with E-state index in [2.05, 4.69) is 4.74 Å². The number of rotatable bonds is 7. The molecule has 0 aromatic heterocycles.